The summed E-state index contributed by atoms with van der Waals surface area (Å²) in [6, 6.07) is 6.44. The fourth-order valence-corrected chi connectivity index (χ4v) is 3.38. The summed E-state index contributed by atoms with van der Waals surface area (Å²) in [6.07, 6.45) is 1.52. The summed E-state index contributed by atoms with van der Waals surface area (Å²) in [4.78, 5) is 24.7. The molecular weight excluding hydrogens is 372 g/mol. The SMILES string of the molecule is CCc1nnc(NC(=O)c2cccc(C(=O)Nc3nnc(CC)s3)c2)s1. The average Bonchev–Trinajstić information content (AvgIpc) is 3.30. The highest BCUT2D eigenvalue weighted by Crippen LogP contribution is 2.18. The predicted octanol–water partition coefficient (Wildman–Crippen LogP) is 3.02. The number of hydrogen-bond donors (Lipinski definition) is 2. The molecule has 0 aliphatic rings. The maximum absolute atomic E-state index is 12.4. The van der Waals surface area contributed by atoms with Crippen molar-refractivity contribution >= 4 is 44.8 Å². The Bertz CT molecular complexity index is 865. The number of benzene rings is 1. The highest BCUT2D eigenvalue weighted by Gasteiger charge is 2.14. The number of nitrogens with one attached hydrogen (secondary N) is 2. The van der Waals surface area contributed by atoms with Crippen LogP contribution >= 0.6 is 22.7 Å². The van der Waals surface area contributed by atoms with Crippen LogP contribution in [0.4, 0.5) is 10.3 Å². The Morgan fingerprint density at radius 1 is 0.846 bits per heavy atom. The number of carbonyl (C=O) groups is 2. The van der Waals surface area contributed by atoms with E-state index in [9.17, 15) is 9.59 Å². The molecule has 0 fully saturated rings. The number of aromatic nitrogens is 4. The third-order valence-electron chi connectivity index (χ3n) is 3.37. The van der Waals surface area contributed by atoms with E-state index in [0.29, 0.717) is 21.4 Å². The average molecular weight is 388 g/mol. The van der Waals surface area contributed by atoms with Crippen LogP contribution in [0.3, 0.4) is 0 Å². The minimum atomic E-state index is -0.345. The Morgan fingerprint density at radius 2 is 1.31 bits per heavy atom. The number of hydrogen-bond acceptors (Lipinski definition) is 8. The predicted molar refractivity (Wildman–Crippen MR) is 101 cm³/mol. The second-order valence-corrected chi connectivity index (χ2v) is 7.32. The van der Waals surface area contributed by atoms with E-state index in [1.807, 2.05) is 13.8 Å². The van der Waals surface area contributed by atoms with Gasteiger partial charge in [-0.1, -0.05) is 42.6 Å². The molecule has 134 valence electrons. The van der Waals surface area contributed by atoms with E-state index >= 15 is 0 Å². The Hall–Kier alpha value is -2.72. The van der Waals surface area contributed by atoms with E-state index in [4.69, 9.17) is 0 Å². The highest BCUT2D eigenvalue weighted by molar-refractivity contribution is 7.15. The summed E-state index contributed by atoms with van der Waals surface area (Å²) in [6.45, 7) is 3.94. The van der Waals surface area contributed by atoms with E-state index in [2.05, 4.69) is 31.0 Å². The molecule has 0 bridgehead atoms. The number of aryl methyl sites for hydroxylation is 2. The van der Waals surface area contributed by atoms with Crippen LogP contribution in [0.5, 0.6) is 0 Å². The molecule has 0 saturated heterocycles. The van der Waals surface area contributed by atoms with E-state index in [1.54, 1.807) is 18.2 Å². The molecule has 0 spiro atoms. The summed E-state index contributed by atoms with van der Waals surface area (Å²) in [7, 11) is 0. The van der Waals surface area contributed by atoms with Crippen molar-refractivity contribution in [3.8, 4) is 0 Å². The molecular formula is C16H16N6O2S2. The number of carbonyl (C=O) groups excluding carboxylic acids is 2. The van der Waals surface area contributed by atoms with Crippen molar-refractivity contribution in [2.45, 2.75) is 26.7 Å². The van der Waals surface area contributed by atoms with Crippen molar-refractivity contribution in [1.29, 1.82) is 0 Å². The molecule has 0 unspecified atom stereocenters. The van der Waals surface area contributed by atoms with E-state index in [-0.39, 0.29) is 11.8 Å². The van der Waals surface area contributed by atoms with Gasteiger partial charge in [-0.25, -0.2) is 0 Å². The van der Waals surface area contributed by atoms with Crippen molar-refractivity contribution in [2.24, 2.45) is 0 Å². The molecule has 8 nitrogen and oxygen atoms in total. The second kappa shape index (κ2) is 8.11. The van der Waals surface area contributed by atoms with Crippen LogP contribution in [0.25, 0.3) is 0 Å². The number of anilines is 2. The van der Waals surface area contributed by atoms with Gasteiger partial charge in [-0.05, 0) is 31.0 Å². The van der Waals surface area contributed by atoms with Crippen LogP contribution < -0.4 is 10.6 Å². The third-order valence-corrected chi connectivity index (χ3v) is 5.33. The van der Waals surface area contributed by atoms with Gasteiger partial charge in [0.05, 0.1) is 0 Å². The van der Waals surface area contributed by atoms with Crippen molar-refractivity contribution < 1.29 is 9.59 Å². The van der Waals surface area contributed by atoms with Crippen molar-refractivity contribution in [3.05, 3.63) is 45.4 Å². The van der Waals surface area contributed by atoms with Crippen LogP contribution in [-0.4, -0.2) is 32.2 Å². The number of nitrogens with zero attached hydrogens (tertiary/aromatic N) is 4. The zero-order valence-corrected chi connectivity index (χ0v) is 15.8. The standard InChI is InChI=1S/C16H16N6O2S2/c1-3-11-19-21-15(25-11)17-13(23)9-6-5-7-10(8-9)14(24)18-16-22-20-12(4-2)26-16/h5-8H,3-4H2,1-2H3,(H,17,21,23)(H,18,22,24). The largest absolute Gasteiger partial charge is 0.296 e. The Balaban J connectivity index is 1.70. The van der Waals surface area contributed by atoms with Crippen LogP contribution in [0, 0.1) is 0 Å². The van der Waals surface area contributed by atoms with Crippen LogP contribution in [0.15, 0.2) is 24.3 Å². The summed E-state index contributed by atoms with van der Waals surface area (Å²) in [5.41, 5.74) is 0.717. The van der Waals surface area contributed by atoms with Crippen molar-refractivity contribution in [3.63, 3.8) is 0 Å². The van der Waals surface area contributed by atoms with Gasteiger partial charge in [0, 0.05) is 11.1 Å². The molecule has 0 atom stereocenters. The van der Waals surface area contributed by atoms with Crippen molar-refractivity contribution in [2.75, 3.05) is 10.6 Å². The molecule has 0 saturated carbocycles. The lowest BCUT2D eigenvalue weighted by atomic mass is 10.1. The van der Waals surface area contributed by atoms with Crippen LogP contribution in [-0.2, 0) is 12.8 Å². The fourth-order valence-electron chi connectivity index (χ4n) is 2.03. The summed E-state index contributed by atoms with van der Waals surface area (Å²) in [5, 5.41) is 23.7. The Kier molecular flexibility index (Phi) is 5.64. The quantitative estimate of drug-likeness (QED) is 0.672. The van der Waals surface area contributed by atoms with Gasteiger partial charge in [0.25, 0.3) is 11.8 Å². The first-order chi connectivity index (χ1) is 12.6. The van der Waals surface area contributed by atoms with Gasteiger partial charge < -0.3 is 0 Å². The summed E-state index contributed by atoms with van der Waals surface area (Å²) in [5.74, 6) is -0.690. The van der Waals surface area contributed by atoms with Gasteiger partial charge in [-0.2, -0.15) is 0 Å². The van der Waals surface area contributed by atoms with Gasteiger partial charge in [-0.3, -0.25) is 20.2 Å². The van der Waals surface area contributed by atoms with Crippen molar-refractivity contribution in [1.82, 2.24) is 20.4 Å². The monoisotopic (exact) mass is 388 g/mol. The van der Waals surface area contributed by atoms with Gasteiger partial charge in [0.1, 0.15) is 10.0 Å². The molecule has 2 aromatic heterocycles. The maximum Gasteiger partial charge on any atom is 0.257 e. The maximum atomic E-state index is 12.4. The van der Waals surface area contributed by atoms with Gasteiger partial charge in [-0.15, -0.1) is 20.4 Å². The number of amides is 2. The lowest BCUT2D eigenvalue weighted by Gasteiger charge is -2.05. The minimum Gasteiger partial charge on any atom is -0.296 e. The van der Waals surface area contributed by atoms with Crippen LogP contribution in [0.2, 0.25) is 0 Å². The minimum absolute atomic E-state index is 0.345. The first-order valence-corrected chi connectivity index (χ1v) is 9.59. The first-order valence-electron chi connectivity index (χ1n) is 7.96. The first kappa shape index (κ1) is 18.1. The van der Waals surface area contributed by atoms with Gasteiger partial charge in [0.2, 0.25) is 10.3 Å². The number of rotatable bonds is 6. The zero-order valence-electron chi connectivity index (χ0n) is 14.1. The zero-order chi connectivity index (χ0) is 18.5. The Morgan fingerprint density at radius 3 is 1.69 bits per heavy atom. The smallest absolute Gasteiger partial charge is 0.257 e. The topological polar surface area (TPSA) is 110 Å². The molecule has 3 aromatic rings. The van der Waals surface area contributed by atoms with Gasteiger partial charge >= 0.3 is 0 Å². The van der Waals surface area contributed by atoms with E-state index in [0.717, 1.165) is 22.9 Å². The summed E-state index contributed by atoms with van der Waals surface area (Å²) >= 11 is 2.65. The van der Waals surface area contributed by atoms with Crippen LogP contribution in [0.1, 0.15) is 44.6 Å². The molecule has 2 N–H and O–H groups in total. The fraction of sp³-hybridized carbons (Fsp3) is 0.250. The summed E-state index contributed by atoms with van der Waals surface area (Å²) < 4.78 is 0. The lowest BCUT2D eigenvalue weighted by molar-refractivity contribution is 0.102. The molecule has 26 heavy (non-hydrogen) atoms. The molecule has 0 aliphatic carbocycles. The van der Waals surface area contributed by atoms with Gasteiger partial charge in [0.15, 0.2) is 0 Å². The third kappa shape index (κ3) is 4.27. The molecule has 2 amide bonds. The normalized spacial score (nSPS) is 10.5. The van der Waals surface area contributed by atoms with E-state index < -0.39 is 0 Å². The molecule has 3 rings (SSSR count). The lowest BCUT2D eigenvalue weighted by Crippen LogP contribution is -2.15. The molecule has 2 heterocycles. The second-order valence-electron chi connectivity index (χ2n) is 5.20. The molecule has 0 radical (unpaired) electrons. The highest BCUT2D eigenvalue weighted by atomic mass is 32.1. The molecule has 0 aliphatic heterocycles. The molecule has 10 heteroatoms. The molecule has 1 aromatic carbocycles. The Labute approximate surface area is 157 Å². The van der Waals surface area contributed by atoms with E-state index in [1.165, 1.54) is 28.7 Å².